The highest BCUT2D eigenvalue weighted by atomic mass is 32.1. The lowest BCUT2D eigenvalue weighted by Gasteiger charge is -2.07. The van der Waals surface area contributed by atoms with E-state index in [9.17, 15) is 4.79 Å². The Hall–Kier alpha value is -3.33. The third-order valence-corrected chi connectivity index (χ3v) is 7.25. The van der Waals surface area contributed by atoms with Crippen LogP contribution < -0.4 is 5.32 Å². The number of nitrogens with zero attached hydrogens (tertiary/aromatic N) is 6. The molecule has 0 aliphatic heterocycles. The maximum atomic E-state index is 12.9. The second kappa shape index (κ2) is 7.09. The summed E-state index contributed by atoms with van der Waals surface area (Å²) in [6.07, 6.45) is 10.8. The van der Waals surface area contributed by atoms with Crippen molar-refractivity contribution in [2.24, 2.45) is 5.41 Å². The van der Waals surface area contributed by atoms with Gasteiger partial charge in [-0.25, -0.2) is 4.98 Å². The zero-order chi connectivity index (χ0) is 21.9. The van der Waals surface area contributed by atoms with E-state index in [-0.39, 0.29) is 11.3 Å². The maximum absolute atomic E-state index is 12.9. The Morgan fingerprint density at radius 2 is 2.06 bits per heavy atom. The van der Waals surface area contributed by atoms with E-state index < -0.39 is 0 Å². The number of aromatic nitrogens is 6. The lowest BCUT2D eigenvalue weighted by Crippen LogP contribution is -2.13. The molecule has 32 heavy (non-hydrogen) atoms. The van der Waals surface area contributed by atoms with E-state index in [4.69, 9.17) is 0 Å². The van der Waals surface area contributed by atoms with Crippen molar-refractivity contribution in [3.8, 4) is 16.4 Å². The van der Waals surface area contributed by atoms with Crippen LogP contribution in [0.15, 0.2) is 48.6 Å². The van der Waals surface area contributed by atoms with Crippen LogP contribution in [0.1, 0.15) is 61.3 Å². The Labute approximate surface area is 189 Å². The van der Waals surface area contributed by atoms with E-state index in [0.29, 0.717) is 17.7 Å². The Kier molecular flexibility index (Phi) is 4.29. The van der Waals surface area contributed by atoms with E-state index in [1.807, 2.05) is 28.3 Å². The number of carbonyl (C=O) groups is 1. The lowest BCUT2D eigenvalue weighted by molar-refractivity contribution is 0.102. The summed E-state index contributed by atoms with van der Waals surface area (Å²) < 4.78 is 4.09. The molecule has 0 bridgehead atoms. The molecule has 4 aromatic heterocycles. The van der Waals surface area contributed by atoms with Crippen LogP contribution >= 0.6 is 11.3 Å². The highest BCUT2D eigenvalue weighted by Crippen LogP contribution is 2.56. The van der Waals surface area contributed by atoms with Gasteiger partial charge in [0.1, 0.15) is 12.0 Å². The fraction of sp³-hybridized carbons (Fsp3) is 0.348. The van der Waals surface area contributed by atoms with E-state index in [2.05, 4.69) is 43.9 Å². The summed E-state index contributed by atoms with van der Waals surface area (Å²) in [6, 6.07) is 6.03. The van der Waals surface area contributed by atoms with Crippen LogP contribution in [0.5, 0.6) is 0 Å². The third-order valence-electron chi connectivity index (χ3n) is 6.32. The molecular formula is C23H23N7OS. The predicted molar refractivity (Wildman–Crippen MR) is 122 cm³/mol. The predicted octanol–water partition coefficient (Wildman–Crippen LogP) is 4.69. The molecule has 0 spiro atoms. The number of pyridine rings is 1. The molecule has 0 saturated heterocycles. The number of hydrogen-bond donors (Lipinski definition) is 1. The van der Waals surface area contributed by atoms with Crippen molar-refractivity contribution in [1.29, 1.82) is 0 Å². The van der Waals surface area contributed by atoms with Gasteiger partial charge in [-0.1, -0.05) is 13.8 Å². The molecule has 2 saturated carbocycles. The first kappa shape index (κ1) is 19.4. The summed E-state index contributed by atoms with van der Waals surface area (Å²) >= 11 is 1.54. The maximum Gasteiger partial charge on any atom is 0.274 e. The fourth-order valence-corrected chi connectivity index (χ4v) is 4.88. The van der Waals surface area contributed by atoms with Crippen molar-refractivity contribution in [3.05, 3.63) is 60.0 Å². The number of rotatable bonds is 6. The molecule has 2 fully saturated rings. The Morgan fingerprint density at radius 3 is 2.84 bits per heavy atom. The quantitative estimate of drug-likeness (QED) is 0.465. The van der Waals surface area contributed by atoms with Gasteiger partial charge < -0.3 is 14.5 Å². The summed E-state index contributed by atoms with van der Waals surface area (Å²) in [4.78, 5) is 22.6. The van der Waals surface area contributed by atoms with Crippen LogP contribution in [0.4, 0.5) is 5.69 Å². The van der Waals surface area contributed by atoms with Gasteiger partial charge in [0.05, 0.1) is 28.3 Å². The topological polar surface area (TPSA) is 90.5 Å². The number of carbonyl (C=O) groups excluding carboxylic acids is 1. The number of imidazole rings is 1. The van der Waals surface area contributed by atoms with Gasteiger partial charge in [0.15, 0.2) is 5.82 Å². The van der Waals surface area contributed by atoms with Crippen LogP contribution in [0.2, 0.25) is 0 Å². The standard InChI is InChI=1S/C23H23N7OS/c1-23(2)9-20(23)30-13-26-28-21(30)19-7-15(11-32-19)27-22(31)17-8-16(5-6-24-17)29-10-18(25-12-29)14-3-4-14/h5-8,10-14,20H,3-4,9H2,1-2H3,(H,27,31). The van der Waals surface area contributed by atoms with Gasteiger partial charge in [0.25, 0.3) is 5.91 Å². The molecule has 0 radical (unpaired) electrons. The fourth-order valence-electron chi connectivity index (χ4n) is 4.05. The van der Waals surface area contributed by atoms with E-state index >= 15 is 0 Å². The number of thiophene rings is 1. The van der Waals surface area contributed by atoms with Crippen LogP contribution in [-0.2, 0) is 0 Å². The van der Waals surface area contributed by atoms with Crippen molar-refractivity contribution in [2.45, 2.75) is 45.1 Å². The first-order valence-electron chi connectivity index (χ1n) is 10.8. The molecule has 1 amide bonds. The van der Waals surface area contributed by atoms with Gasteiger partial charge in [0.2, 0.25) is 0 Å². The van der Waals surface area contributed by atoms with Gasteiger partial charge in [-0.05, 0) is 42.9 Å². The SMILES string of the molecule is CC1(C)CC1n1cnnc1-c1cc(NC(=O)c2cc(-n3cnc(C4CC4)c3)ccn2)cs1. The van der Waals surface area contributed by atoms with E-state index in [0.717, 1.165) is 34.2 Å². The summed E-state index contributed by atoms with van der Waals surface area (Å²) in [5.41, 5.74) is 3.35. The number of amides is 1. The minimum absolute atomic E-state index is 0.247. The van der Waals surface area contributed by atoms with Crippen molar-refractivity contribution < 1.29 is 4.79 Å². The van der Waals surface area contributed by atoms with Gasteiger partial charge in [-0.2, -0.15) is 0 Å². The highest BCUT2D eigenvalue weighted by Gasteiger charge is 2.48. The normalized spacial score (nSPS) is 19.1. The number of anilines is 1. The average Bonchev–Trinajstić information content (AvgIpc) is 3.47. The Morgan fingerprint density at radius 1 is 1.22 bits per heavy atom. The molecule has 9 heteroatoms. The zero-order valence-electron chi connectivity index (χ0n) is 17.9. The molecule has 0 aromatic carbocycles. The Bertz CT molecular complexity index is 1310. The van der Waals surface area contributed by atoms with Crippen LogP contribution in [0, 0.1) is 5.41 Å². The number of nitrogens with one attached hydrogen (secondary N) is 1. The monoisotopic (exact) mass is 445 g/mol. The first-order valence-corrected chi connectivity index (χ1v) is 11.7. The summed E-state index contributed by atoms with van der Waals surface area (Å²) in [5, 5.41) is 13.3. The largest absolute Gasteiger partial charge is 0.320 e. The van der Waals surface area contributed by atoms with Crippen LogP contribution in [-0.4, -0.2) is 35.2 Å². The molecular weight excluding hydrogens is 422 g/mol. The first-order chi connectivity index (χ1) is 15.5. The zero-order valence-corrected chi connectivity index (χ0v) is 18.7. The van der Waals surface area contributed by atoms with Crippen molar-refractivity contribution in [3.63, 3.8) is 0 Å². The molecule has 162 valence electrons. The third kappa shape index (κ3) is 3.52. The molecule has 2 aliphatic carbocycles. The molecule has 8 nitrogen and oxygen atoms in total. The summed E-state index contributed by atoms with van der Waals surface area (Å²) in [5.74, 6) is 1.19. The van der Waals surface area contributed by atoms with Crippen LogP contribution in [0.3, 0.4) is 0 Å². The second-order valence-electron chi connectivity index (χ2n) is 9.30. The summed E-state index contributed by atoms with van der Waals surface area (Å²) in [6.45, 7) is 4.50. The molecule has 1 unspecified atom stereocenters. The van der Waals surface area contributed by atoms with Gasteiger partial charge >= 0.3 is 0 Å². The highest BCUT2D eigenvalue weighted by molar-refractivity contribution is 7.14. The van der Waals surface area contributed by atoms with Gasteiger partial charge in [-0.15, -0.1) is 21.5 Å². The molecule has 6 rings (SSSR count). The van der Waals surface area contributed by atoms with Gasteiger partial charge in [0, 0.05) is 29.7 Å². The minimum Gasteiger partial charge on any atom is -0.320 e. The van der Waals surface area contributed by atoms with Gasteiger partial charge in [-0.3, -0.25) is 9.78 Å². The molecule has 1 N–H and O–H groups in total. The molecule has 1 atom stereocenters. The van der Waals surface area contributed by atoms with Crippen molar-refractivity contribution >= 4 is 22.9 Å². The Balaban J connectivity index is 1.19. The smallest absolute Gasteiger partial charge is 0.274 e. The van der Waals surface area contributed by atoms with Crippen molar-refractivity contribution in [2.75, 3.05) is 5.32 Å². The summed E-state index contributed by atoms with van der Waals surface area (Å²) in [7, 11) is 0. The average molecular weight is 446 g/mol. The number of hydrogen-bond acceptors (Lipinski definition) is 6. The van der Waals surface area contributed by atoms with E-state index in [1.165, 1.54) is 12.8 Å². The molecule has 4 aromatic rings. The van der Waals surface area contributed by atoms with E-state index in [1.54, 1.807) is 36.3 Å². The molecule has 2 aliphatic rings. The van der Waals surface area contributed by atoms with Crippen molar-refractivity contribution in [1.82, 2.24) is 29.3 Å². The lowest BCUT2D eigenvalue weighted by atomic mass is 10.2. The van der Waals surface area contributed by atoms with Crippen LogP contribution in [0.25, 0.3) is 16.4 Å². The molecule has 4 heterocycles. The second-order valence-corrected chi connectivity index (χ2v) is 10.2. The minimum atomic E-state index is -0.247.